The Hall–Kier alpha value is -2.83. The second-order valence-electron chi connectivity index (χ2n) is 9.81. The lowest BCUT2D eigenvalue weighted by atomic mass is 9.93. The quantitative estimate of drug-likeness (QED) is 0.335. The first-order chi connectivity index (χ1) is 16.7. The number of amides is 1. The molecule has 1 aliphatic rings. The van der Waals surface area contributed by atoms with Gasteiger partial charge in [-0.2, -0.15) is 0 Å². The maximum atomic E-state index is 13.1. The Morgan fingerprint density at radius 3 is 2.43 bits per heavy atom. The van der Waals surface area contributed by atoms with Crippen molar-refractivity contribution in [2.45, 2.75) is 51.9 Å². The van der Waals surface area contributed by atoms with Gasteiger partial charge in [0.15, 0.2) is 0 Å². The van der Waals surface area contributed by atoms with Crippen LogP contribution in [0.15, 0.2) is 66.7 Å². The molecule has 35 heavy (non-hydrogen) atoms. The highest BCUT2D eigenvalue weighted by molar-refractivity contribution is 7.19. The minimum Gasteiger partial charge on any atom is -0.459 e. The Bertz CT molecular complexity index is 1170. The van der Waals surface area contributed by atoms with Crippen LogP contribution in [0.4, 0.5) is 4.79 Å². The van der Waals surface area contributed by atoms with Crippen LogP contribution in [0.3, 0.4) is 0 Å². The summed E-state index contributed by atoms with van der Waals surface area (Å²) in [5.74, 6) is -0.311. The number of carbonyl (C=O) groups excluding carboxylic acids is 2. The van der Waals surface area contributed by atoms with Crippen LogP contribution in [0.25, 0.3) is 10.4 Å². The number of halogens is 1. The fourth-order valence-electron chi connectivity index (χ4n) is 4.35. The molecule has 1 fully saturated rings. The van der Waals surface area contributed by atoms with E-state index in [0.29, 0.717) is 13.0 Å². The smallest absolute Gasteiger partial charge is 0.411 e. The number of benzene rings is 2. The zero-order valence-corrected chi connectivity index (χ0v) is 21.8. The number of esters is 1. The number of hydrogen-bond donors (Lipinski definition) is 0. The van der Waals surface area contributed by atoms with E-state index in [4.69, 9.17) is 21.1 Å². The number of hydrogen-bond acceptors (Lipinski definition) is 5. The van der Waals surface area contributed by atoms with Gasteiger partial charge in [-0.3, -0.25) is 4.90 Å². The fourth-order valence-corrected chi connectivity index (χ4v) is 5.45. The van der Waals surface area contributed by atoms with Crippen molar-refractivity contribution < 1.29 is 19.1 Å². The van der Waals surface area contributed by atoms with E-state index in [0.717, 1.165) is 26.8 Å². The maximum absolute atomic E-state index is 13.1. The average Bonchev–Trinajstić information content (AvgIpc) is 3.44. The van der Waals surface area contributed by atoms with Crippen molar-refractivity contribution in [1.82, 2.24) is 4.90 Å². The highest BCUT2D eigenvalue weighted by Gasteiger charge is 2.42. The number of ether oxygens (including phenoxy) is 2. The third-order valence-corrected chi connectivity index (χ3v) is 7.14. The van der Waals surface area contributed by atoms with Gasteiger partial charge < -0.3 is 9.47 Å². The van der Waals surface area contributed by atoms with Crippen LogP contribution in [0.5, 0.6) is 0 Å². The lowest BCUT2D eigenvalue weighted by molar-refractivity contribution is -0.150. The Labute approximate surface area is 215 Å². The van der Waals surface area contributed by atoms with Crippen LogP contribution >= 0.6 is 22.9 Å². The molecule has 0 radical (unpaired) electrons. The molecule has 7 heteroatoms. The molecule has 1 saturated heterocycles. The van der Waals surface area contributed by atoms with Crippen LogP contribution in [0.1, 0.15) is 38.3 Å². The van der Waals surface area contributed by atoms with Crippen LogP contribution in [-0.4, -0.2) is 35.2 Å². The molecule has 2 atom stereocenters. The molecule has 0 aliphatic carbocycles. The second kappa shape index (κ2) is 10.8. The Kier molecular flexibility index (Phi) is 7.82. The van der Waals surface area contributed by atoms with Crippen molar-refractivity contribution >= 4 is 35.0 Å². The summed E-state index contributed by atoms with van der Waals surface area (Å²) < 4.78 is 12.0. The summed E-state index contributed by atoms with van der Waals surface area (Å²) in [4.78, 5) is 28.8. The molecule has 184 valence electrons. The van der Waals surface area contributed by atoms with Gasteiger partial charge in [0.25, 0.3) is 0 Å². The van der Waals surface area contributed by atoms with E-state index in [1.807, 2.05) is 75.4 Å². The first-order valence-electron chi connectivity index (χ1n) is 11.7. The SMILES string of the molecule is CC(C)(C)OC(=O)N1C[C@@H](Cc2ccccc2-c2ccc(Cl)s2)C[C@@H]1C(=O)OCc1ccccc1. The van der Waals surface area contributed by atoms with Crippen molar-refractivity contribution in [1.29, 1.82) is 0 Å². The molecular weight excluding hydrogens is 482 g/mol. The monoisotopic (exact) mass is 511 g/mol. The molecule has 5 nitrogen and oxygen atoms in total. The van der Waals surface area contributed by atoms with Crippen LogP contribution in [0.2, 0.25) is 4.34 Å². The van der Waals surface area contributed by atoms with Gasteiger partial charge in [0.2, 0.25) is 0 Å². The summed E-state index contributed by atoms with van der Waals surface area (Å²) in [6.07, 6.45) is 0.764. The average molecular weight is 512 g/mol. The largest absolute Gasteiger partial charge is 0.459 e. The van der Waals surface area contributed by atoms with E-state index in [9.17, 15) is 9.59 Å². The highest BCUT2D eigenvalue weighted by Crippen LogP contribution is 2.36. The lowest BCUT2D eigenvalue weighted by Gasteiger charge is -2.27. The normalized spacial score (nSPS) is 17.9. The third kappa shape index (κ3) is 6.65. The van der Waals surface area contributed by atoms with Crippen molar-refractivity contribution in [3.8, 4) is 10.4 Å². The van der Waals surface area contributed by atoms with Crippen molar-refractivity contribution in [3.05, 3.63) is 82.2 Å². The van der Waals surface area contributed by atoms with E-state index >= 15 is 0 Å². The molecule has 2 aromatic carbocycles. The van der Waals surface area contributed by atoms with Crippen molar-refractivity contribution in [2.75, 3.05) is 6.54 Å². The minimum atomic E-state index is -0.679. The zero-order valence-electron chi connectivity index (χ0n) is 20.2. The molecule has 0 bridgehead atoms. The first-order valence-corrected chi connectivity index (χ1v) is 12.9. The molecule has 4 rings (SSSR count). The van der Waals surface area contributed by atoms with Gasteiger partial charge >= 0.3 is 12.1 Å². The molecule has 0 N–H and O–H groups in total. The molecule has 1 aliphatic heterocycles. The first kappa shape index (κ1) is 25.3. The van der Waals surface area contributed by atoms with Gasteiger partial charge in [-0.25, -0.2) is 9.59 Å². The summed E-state index contributed by atoms with van der Waals surface area (Å²) in [5.41, 5.74) is 2.54. The standard InChI is InChI=1S/C28H30ClNO4S/c1-28(2,3)34-27(32)30-17-20(16-23(30)26(31)33-18-19-9-5-4-6-10-19)15-21-11-7-8-12-22(21)24-13-14-25(29)35-24/h4-14,20,23H,15-18H2,1-3H3/t20-,23+/m0/s1. The third-order valence-electron chi connectivity index (χ3n) is 5.88. The topological polar surface area (TPSA) is 55.8 Å². The predicted molar refractivity (Wildman–Crippen MR) is 140 cm³/mol. The van der Waals surface area contributed by atoms with Gasteiger partial charge in [0.05, 0.1) is 4.34 Å². The molecular formula is C28H30ClNO4S. The summed E-state index contributed by atoms with van der Waals surface area (Å²) in [6, 6.07) is 21.0. The Morgan fingerprint density at radius 2 is 1.74 bits per heavy atom. The van der Waals surface area contributed by atoms with E-state index in [2.05, 4.69) is 12.1 Å². The Balaban J connectivity index is 1.51. The molecule has 0 saturated carbocycles. The van der Waals surface area contributed by atoms with Crippen molar-refractivity contribution in [3.63, 3.8) is 0 Å². The molecule has 3 aromatic rings. The van der Waals surface area contributed by atoms with E-state index in [1.165, 1.54) is 10.5 Å². The van der Waals surface area contributed by atoms with Gasteiger partial charge in [0.1, 0.15) is 18.2 Å². The molecule has 0 unspecified atom stereocenters. The second-order valence-corrected chi connectivity index (χ2v) is 11.5. The van der Waals surface area contributed by atoms with E-state index < -0.39 is 23.7 Å². The molecule has 2 heterocycles. The number of nitrogens with zero attached hydrogens (tertiary/aromatic N) is 1. The summed E-state index contributed by atoms with van der Waals surface area (Å²) in [5, 5.41) is 0. The summed E-state index contributed by atoms with van der Waals surface area (Å²) in [7, 11) is 0. The van der Waals surface area contributed by atoms with Gasteiger partial charge in [-0.15, -0.1) is 11.3 Å². The number of carbonyl (C=O) groups is 2. The predicted octanol–water partition coefficient (Wildman–Crippen LogP) is 6.98. The minimum absolute atomic E-state index is 0.0911. The van der Waals surface area contributed by atoms with Gasteiger partial charge in [0, 0.05) is 11.4 Å². The summed E-state index contributed by atoms with van der Waals surface area (Å²) in [6.45, 7) is 6.07. The number of likely N-dealkylation sites (tertiary alicyclic amines) is 1. The van der Waals surface area contributed by atoms with Gasteiger partial charge in [-0.05, 0) is 68.4 Å². The molecule has 1 aromatic heterocycles. The van der Waals surface area contributed by atoms with Crippen LogP contribution in [-0.2, 0) is 27.3 Å². The van der Waals surface area contributed by atoms with Gasteiger partial charge in [-0.1, -0.05) is 66.2 Å². The molecule has 1 amide bonds. The fraction of sp³-hybridized carbons (Fsp3) is 0.357. The Morgan fingerprint density at radius 1 is 1.03 bits per heavy atom. The highest BCUT2D eigenvalue weighted by atomic mass is 35.5. The lowest BCUT2D eigenvalue weighted by Crippen LogP contribution is -2.44. The van der Waals surface area contributed by atoms with Crippen LogP contribution < -0.4 is 0 Å². The zero-order chi connectivity index (χ0) is 25.0. The van der Waals surface area contributed by atoms with E-state index in [1.54, 1.807) is 11.3 Å². The van der Waals surface area contributed by atoms with Crippen molar-refractivity contribution in [2.24, 2.45) is 5.92 Å². The van der Waals surface area contributed by atoms with Crippen LogP contribution in [0, 0.1) is 5.92 Å². The van der Waals surface area contributed by atoms with E-state index in [-0.39, 0.29) is 12.5 Å². The molecule has 0 spiro atoms. The number of thiophene rings is 1. The maximum Gasteiger partial charge on any atom is 0.411 e. The number of rotatable bonds is 6. The summed E-state index contributed by atoms with van der Waals surface area (Å²) >= 11 is 7.72.